The van der Waals surface area contributed by atoms with Gasteiger partial charge in [-0.1, -0.05) is 20.3 Å². The van der Waals surface area contributed by atoms with Gasteiger partial charge in [0, 0.05) is 18.9 Å². The molecule has 1 unspecified atom stereocenters. The molecule has 19 heavy (non-hydrogen) atoms. The van der Waals surface area contributed by atoms with E-state index < -0.39 is 0 Å². The SMILES string of the molecule is CCCOc1cc(C)nc(NC(CCC)COC)n1. The Hall–Kier alpha value is -1.36. The highest BCUT2D eigenvalue weighted by atomic mass is 16.5. The molecule has 1 N–H and O–H groups in total. The van der Waals surface area contributed by atoms with Crippen molar-refractivity contribution in [2.45, 2.75) is 46.1 Å². The lowest BCUT2D eigenvalue weighted by Gasteiger charge is -2.17. The molecular formula is C14H25N3O2. The number of aryl methyl sites for hydroxylation is 1. The van der Waals surface area contributed by atoms with Crippen LogP contribution >= 0.6 is 0 Å². The lowest BCUT2D eigenvalue weighted by Crippen LogP contribution is -2.26. The largest absolute Gasteiger partial charge is 0.478 e. The van der Waals surface area contributed by atoms with E-state index in [4.69, 9.17) is 9.47 Å². The Balaban J connectivity index is 2.72. The van der Waals surface area contributed by atoms with Crippen molar-refractivity contribution in [1.29, 1.82) is 0 Å². The van der Waals surface area contributed by atoms with E-state index in [0.29, 0.717) is 25.0 Å². The van der Waals surface area contributed by atoms with Crippen LogP contribution < -0.4 is 10.1 Å². The Morgan fingerprint density at radius 1 is 1.26 bits per heavy atom. The Morgan fingerprint density at radius 2 is 2.05 bits per heavy atom. The highest BCUT2D eigenvalue weighted by Crippen LogP contribution is 2.14. The molecule has 5 heteroatoms. The topological polar surface area (TPSA) is 56.3 Å². The number of rotatable bonds is 9. The first-order valence-corrected chi connectivity index (χ1v) is 6.93. The minimum atomic E-state index is 0.232. The Bertz CT molecular complexity index is 366. The molecule has 0 saturated carbocycles. The van der Waals surface area contributed by atoms with E-state index in [2.05, 4.69) is 29.1 Å². The summed E-state index contributed by atoms with van der Waals surface area (Å²) in [7, 11) is 1.71. The molecule has 0 aliphatic heterocycles. The van der Waals surface area contributed by atoms with Crippen molar-refractivity contribution in [3.63, 3.8) is 0 Å². The Morgan fingerprint density at radius 3 is 2.68 bits per heavy atom. The van der Waals surface area contributed by atoms with E-state index in [1.54, 1.807) is 7.11 Å². The molecule has 1 heterocycles. The summed E-state index contributed by atoms with van der Waals surface area (Å²) < 4.78 is 10.8. The predicted octanol–water partition coefficient (Wildman–Crippen LogP) is 2.80. The second-order valence-corrected chi connectivity index (χ2v) is 4.60. The highest BCUT2D eigenvalue weighted by molar-refractivity contribution is 5.31. The predicted molar refractivity (Wildman–Crippen MR) is 76.7 cm³/mol. The summed E-state index contributed by atoms with van der Waals surface area (Å²) in [5, 5.41) is 3.31. The van der Waals surface area contributed by atoms with Gasteiger partial charge in [0.2, 0.25) is 11.8 Å². The Labute approximate surface area is 115 Å². The average molecular weight is 267 g/mol. The summed E-state index contributed by atoms with van der Waals surface area (Å²) in [4.78, 5) is 8.76. The summed E-state index contributed by atoms with van der Waals surface area (Å²) in [6.07, 6.45) is 3.08. The number of aromatic nitrogens is 2. The van der Waals surface area contributed by atoms with Crippen LogP contribution in [0.15, 0.2) is 6.07 Å². The first-order chi connectivity index (χ1) is 9.19. The molecule has 0 aliphatic rings. The second kappa shape index (κ2) is 8.69. The van der Waals surface area contributed by atoms with Gasteiger partial charge in [0.05, 0.1) is 19.3 Å². The quantitative estimate of drug-likeness (QED) is 0.745. The van der Waals surface area contributed by atoms with Gasteiger partial charge in [-0.15, -0.1) is 0 Å². The average Bonchev–Trinajstić information content (AvgIpc) is 2.36. The lowest BCUT2D eigenvalue weighted by atomic mass is 10.2. The number of nitrogens with zero attached hydrogens (tertiary/aromatic N) is 2. The van der Waals surface area contributed by atoms with E-state index in [1.165, 1.54) is 0 Å². The number of hydrogen-bond donors (Lipinski definition) is 1. The fourth-order valence-electron chi connectivity index (χ4n) is 1.81. The monoisotopic (exact) mass is 267 g/mol. The molecule has 0 aliphatic carbocycles. The molecule has 1 rings (SSSR count). The minimum absolute atomic E-state index is 0.232. The zero-order valence-electron chi connectivity index (χ0n) is 12.4. The van der Waals surface area contributed by atoms with Crippen molar-refractivity contribution in [3.8, 4) is 5.88 Å². The van der Waals surface area contributed by atoms with Gasteiger partial charge in [-0.2, -0.15) is 4.98 Å². The van der Waals surface area contributed by atoms with Crippen LogP contribution in [0, 0.1) is 6.92 Å². The van der Waals surface area contributed by atoms with Crippen LogP contribution in [0.3, 0.4) is 0 Å². The zero-order chi connectivity index (χ0) is 14.1. The van der Waals surface area contributed by atoms with Gasteiger partial charge in [-0.05, 0) is 19.8 Å². The van der Waals surface area contributed by atoms with E-state index in [0.717, 1.165) is 25.0 Å². The summed E-state index contributed by atoms with van der Waals surface area (Å²) in [6.45, 7) is 7.49. The van der Waals surface area contributed by atoms with Crippen molar-refractivity contribution in [3.05, 3.63) is 11.8 Å². The summed E-state index contributed by atoms with van der Waals surface area (Å²) in [5.41, 5.74) is 0.899. The number of anilines is 1. The highest BCUT2D eigenvalue weighted by Gasteiger charge is 2.10. The first kappa shape index (κ1) is 15.7. The maximum Gasteiger partial charge on any atom is 0.226 e. The maximum atomic E-state index is 5.56. The van der Waals surface area contributed by atoms with Crippen LogP contribution in [0.25, 0.3) is 0 Å². The van der Waals surface area contributed by atoms with Crippen LogP contribution in [0.5, 0.6) is 5.88 Å². The van der Waals surface area contributed by atoms with Gasteiger partial charge in [0.1, 0.15) is 0 Å². The van der Waals surface area contributed by atoms with Gasteiger partial charge in [-0.3, -0.25) is 0 Å². The third kappa shape index (κ3) is 5.87. The summed E-state index contributed by atoms with van der Waals surface area (Å²) in [5.74, 6) is 1.24. The number of nitrogens with one attached hydrogen (secondary N) is 1. The van der Waals surface area contributed by atoms with E-state index in [1.807, 2.05) is 13.0 Å². The number of ether oxygens (including phenoxy) is 2. The summed E-state index contributed by atoms with van der Waals surface area (Å²) in [6, 6.07) is 2.09. The maximum absolute atomic E-state index is 5.56. The lowest BCUT2D eigenvalue weighted by molar-refractivity contribution is 0.182. The zero-order valence-corrected chi connectivity index (χ0v) is 12.4. The van der Waals surface area contributed by atoms with E-state index in [-0.39, 0.29) is 6.04 Å². The number of methoxy groups -OCH3 is 1. The third-order valence-corrected chi connectivity index (χ3v) is 2.62. The molecule has 0 fully saturated rings. The van der Waals surface area contributed by atoms with Crippen LogP contribution in [0.4, 0.5) is 5.95 Å². The van der Waals surface area contributed by atoms with Crippen LogP contribution in [-0.2, 0) is 4.74 Å². The van der Waals surface area contributed by atoms with Gasteiger partial charge in [0.25, 0.3) is 0 Å². The molecule has 0 aromatic carbocycles. The van der Waals surface area contributed by atoms with Crippen molar-refractivity contribution in [2.24, 2.45) is 0 Å². The second-order valence-electron chi connectivity index (χ2n) is 4.60. The number of hydrogen-bond acceptors (Lipinski definition) is 5. The van der Waals surface area contributed by atoms with Crippen molar-refractivity contribution in [2.75, 3.05) is 25.6 Å². The molecule has 0 amide bonds. The molecule has 1 aromatic heterocycles. The molecule has 1 atom stereocenters. The van der Waals surface area contributed by atoms with Gasteiger partial charge < -0.3 is 14.8 Å². The van der Waals surface area contributed by atoms with Crippen LogP contribution in [0.2, 0.25) is 0 Å². The molecule has 0 saturated heterocycles. The molecule has 0 bridgehead atoms. The van der Waals surface area contributed by atoms with E-state index >= 15 is 0 Å². The normalized spacial score (nSPS) is 12.2. The van der Waals surface area contributed by atoms with Gasteiger partial charge in [0.15, 0.2) is 0 Å². The van der Waals surface area contributed by atoms with Crippen molar-refractivity contribution in [1.82, 2.24) is 9.97 Å². The van der Waals surface area contributed by atoms with Gasteiger partial charge in [-0.25, -0.2) is 4.98 Å². The fourth-order valence-corrected chi connectivity index (χ4v) is 1.81. The van der Waals surface area contributed by atoms with Crippen molar-refractivity contribution >= 4 is 5.95 Å². The molecule has 0 radical (unpaired) electrons. The first-order valence-electron chi connectivity index (χ1n) is 6.93. The van der Waals surface area contributed by atoms with Crippen molar-refractivity contribution < 1.29 is 9.47 Å². The molecular weight excluding hydrogens is 242 g/mol. The molecule has 1 aromatic rings. The van der Waals surface area contributed by atoms with Crippen LogP contribution in [-0.4, -0.2) is 36.3 Å². The minimum Gasteiger partial charge on any atom is -0.478 e. The smallest absolute Gasteiger partial charge is 0.226 e. The Kier molecular flexibility index (Phi) is 7.18. The summed E-state index contributed by atoms with van der Waals surface area (Å²) >= 11 is 0. The molecule has 5 nitrogen and oxygen atoms in total. The molecule has 0 spiro atoms. The van der Waals surface area contributed by atoms with Gasteiger partial charge >= 0.3 is 0 Å². The van der Waals surface area contributed by atoms with E-state index in [9.17, 15) is 0 Å². The van der Waals surface area contributed by atoms with Crippen LogP contribution in [0.1, 0.15) is 38.8 Å². The molecule has 108 valence electrons. The third-order valence-electron chi connectivity index (χ3n) is 2.62. The standard InChI is InChI=1S/C14H25N3O2/c1-5-7-12(10-18-4)16-14-15-11(3)9-13(17-14)19-8-6-2/h9,12H,5-8,10H2,1-4H3,(H,15,16,17). The fraction of sp³-hybridized carbons (Fsp3) is 0.714.